The lowest BCUT2D eigenvalue weighted by Gasteiger charge is -2.36. The Morgan fingerprint density at radius 2 is 1.79 bits per heavy atom. The fraction of sp³-hybridized carbons (Fsp3) is 0.273. The Morgan fingerprint density at radius 3 is 2.42 bits per heavy atom. The Balaban J connectivity index is 1.84. The van der Waals surface area contributed by atoms with E-state index in [2.05, 4.69) is 4.98 Å². The van der Waals surface area contributed by atoms with Gasteiger partial charge in [-0.1, -0.05) is 29.8 Å². The van der Waals surface area contributed by atoms with Crippen LogP contribution in [-0.2, 0) is 12.7 Å². The van der Waals surface area contributed by atoms with Crippen molar-refractivity contribution < 1.29 is 27.8 Å². The number of halogens is 4. The first kappa shape index (κ1) is 22.9. The van der Waals surface area contributed by atoms with E-state index in [0.717, 1.165) is 16.5 Å². The average Bonchev–Trinajstić information content (AvgIpc) is 3.11. The number of hydrogen-bond donors (Lipinski definition) is 1. The van der Waals surface area contributed by atoms with Crippen LogP contribution in [0.4, 0.5) is 19.0 Å². The molecule has 0 radical (unpaired) electrons. The summed E-state index contributed by atoms with van der Waals surface area (Å²) in [7, 11) is 2.98. The van der Waals surface area contributed by atoms with E-state index < -0.39 is 24.0 Å². The van der Waals surface area contributed by atoms with Gasteiger partial charge in [0.2, 0.25) is 6.35 Å². The summed E-state index contributed by atoms with van der Waals surface area (Å²) in [6.07, 6.45) is -5.81. The van der Waals surface area contributed by atoms with Gasteiger partial charge in [-0.25, -0.2) is 0 Å². The number of imidazole rings is 1. The normalized spacial score (nSPS) is 16.2. The van der Waals surface area contributed by atoms with Crippen LogP contribution >= 0.6 is 11.6 Å². The van der Waals surface area contributed by atoms with Gasteiger partial charge in [-0.15, -0.1) is 0 Å². The number of ether oxygens (including phenoxy) is 1. The predicted octanol–water partition coefficient (Wildman–Crippen LogP) is 4.50. The minimum atomic E-state index is -4.55. The molecular weight excluding hydrogens is 461 g/mol. The highest BCUT2D eigenvalue weighted by Crippen LogP contribution is 2.39. The van der Waals surface area contributed by atoms with E-state index in [1.807, 2.05) is 0 Å². The summed E-state index contributed by atoms with van der Waals surface area (Å²) in [5.74, 6) is -0.402. The van der Waals surface area contributed by atoms with Crippen LogP contribution in [0.1, 0.15) is 27.2 Å². The third kappa shape index (κ3) is 4.11. The molecule has 0 saturated heterocycles. The van der Waals surface area contributed by atoms with Crippen molar-refractivity contribution in [3.8, 4) is 11.8 Å². The van der Waals surface area contributed by atoms with Gasteiger partial charge in [0.05, 0.1) is 12.1 Å². The standard InChI is InChI=1S/C22H20ClF3N4O3/c1-12-15(22(24,25)26)5-4-6-16(12)33-20-27-18-17(19(31)29(3)21(32)28(18)2)30(20)11-13-7-9-14(23)10-8-13/h4-10,21,32H,11H2,1-3H3. The highest BCUT2D eigenvalue weighted by Gasteiger charge is 2.39. The minimum Gasteiger partial charge on any atom is -0.425 e. The molecule has 1 aliphatic rings. The number of benzene rings is 2. The largest absolute Gasteiger partial charge is 0.425 e. The quantitative estimate of drug-likeness (QED) is 0.595. The summed E-state index contributed by atoms with van der Waals surface area (Å²) in [5, 5.41) is 10.9. The topological polar surface area (TPSA) is 70.8 Å². The van der Waals surface area contributed by atoms with Crippen LogP contribution in [0.5, 0.6) is 11.8 Å². The Hall–Kier alpha value is -3.24. The molecule has 174 valence electrons. The van der Waals surface area contributed by atoms with Crippen molar-refractivity contribution in [1.29, 1.82) is 0 Å². The van der Waals surface area contributed by atoms with E-state index >= 15 is 0 Å². The molecule has 2 heterocycles. The molecule has 1 amide bonds. The molecule has 1 N–H and O–H groups in total. The molecular formula is C22H20ClF3N4O3. The fourth-order valence-corrected chi connectivity index (χ4v) is 3.77. The molecule has 4 rings (SSSR count). The summed E-state index contributed by atoms with van der Waals surface area (Å²) in [6, 6.07) is 10.4. The molecule has 0 aliphatic carbocycles. The van der Waals surface area contributed by atoms with Crippen LogP contribution in [0.2, 0.25) is 5.02 Å². The molecule has 1 atom stereocenters. The van der Waals surface area contributed by atoms with Crippen LogP contribution < -0.4 is 9.64 Å². The fourth-order valence-electron chi connectivity index (χ4n) is 3.65. The van der Waals surface area contributed by atoms with Gasteiger partial charge in [0, 0.05) is 24.7 Å². The third-order valence-electron chi connectivity index (χ3n) is 5.51. The van der Waals surface area contributed by atoms with Crippen LogP contribution in [0, 0.1) is 6.92 Å². The zero-order valence-electron chi connectivity index (χ0n) is 17.9. The van der Waals surface area contributed by atoms with Crippen LogP contribution in [0.15, 0.2) is 42.5 Å². The van der Waals surface area contributed by atoms with Crippen LogP contribution in [-0.4, -0.2) is 45.9 Å². The maximum atomic E-state index is 13.4. The molecule has 1 aliphatic heterocycles. The van der Waals surface area contributed by atoms with E-state index in [1.165, 1.54) is 35.6 Å². The summed E-state index contributed by atoms with van der Waals surface area (Å²) < 4.78 is 47.4. The molecule has 0 saturated carbocycles. The van der Waals surface area contributed by atoms with Gasteiger partial charge < -0.3 is 14.7 Å². The van der Waals surface area contributed by atoms with Gasteiger partial charge >= 0.3 is 12.2 Å². The van der Waals surface area contributed by atoms with Crippen molar-refractivity contribution in [1.82, 2.24) is 14.5 Å². The number of fused-ring (bicyclic) bond motifs is 1. The number of aliphatic hydroxyl groups is 1. The minimum absolute atomic E-state index is 0.0477. The molecule has 1 aromatic heterocycles. The van der Waals surface area contributed by atoms with E-state index in [-0.39, 0.29) is 35.4 Å². The Bertz CT molecular complexity index is 1210. The Morgan fingerprint density at radius 1 is 1.12 bits per heavy atom. The number of hydrogen-bond acceptors (Lipinski definition) is 5. The molecule has 2 aromatic carbocycles. The molecule has 7 nitrogen and oxygen atoms in total. The average molecular weight is 481 g/mol. The van der Waals surface area contributed by atoms with Crippen molar-refractivity contribution >= 4 is 23.3 Å². The Labute approximate surface area is 192 Å². The predicted molar refractivity (Wildman–Crippen MR) is 116 cm³/mol. The molecule has 0 bridgehead atoms. The summed E-state index contributed by atoms with van der Waals surface area (Å²) in [4.78, 5) is 19.9. The zero-order chi connectivity index (χ0) is 24.1. The second-order valence-corrected chi connectivity index (χ2v) is 8.12. The molecule has 1 unspecified atom stereocenters. The molecule has 11 heteroatoms. The van der Waals surface area contributed by atoms with Gasteiger partial charge in [-0.2, -0.15) is 18.2 Å². The zero-order valence-corrected chi connectivity index (χ0v) is 18.6. The summed E-state index contributed by atoms with van der Waals surface area (Å²) >= 11 is 5.96. The molecule has 0 fully saturated rings. The number of aliphatic hydroxyl groups excluding tert-OH is 1. The third-order valence-corrected chi connectivity index (χ3v) is 5.76. The number of amides is 1. The first-order valence-electron chi connectivity index (χ1n) is 9.86. The van der Waals surface area contributed by atoms with Gasteiger partial charge in [-0.05, 0) is 36.8 Å². The maximum absolute atomic E-state index is 13.4. The summed E-state index contributed by atoms with van der Waals surface area (Å²) in [5.41, 5.74) is -0.0425. The van der Waals surface area contributed by atoms with Gasteiger partial charge in [0.25, 0.3) is 5.91 Å². The van der Waals surface area contributed by atoms with Crippen LogP contribution in [0.25, 0.3) is 0 Å². The van der Waals surface area contributed by atoms with E-state index in [4.69, 9.17) is 16.3 Å². The smallest absolute Gasteiger partial charge is 0.416 e. The first-order valence-corrected chi connectivity index (χ1v) is 10.2. The van der Waals surface area contributed by atoms with Crippen molar-refractivity contribution in [2.24, 2.45) is 0 Å². The highest BCUT2D eigenvalue weighted by molar-refractivity contribution is 6.30. The van der Waals surface area contributed by atoms with Crippen LogP contribution in [0.3, 0.4) is 0 Å². The number of carbonyl (C=O) groups excluding carboxylic acids is 1. The van der Waals surface area contributed by atoms with E-state index in [1.54, 1.807) is 31.3 Å². The number of anilines is 1. The maximum Gasteiger partial charge on any atom is 0.416 e. The number of alkyl halides is 3. The molecule has 33 heavy (non-hydrogen) atoms. The Kier molecular flexibility index (Phi) is 5.75. The monoisotopic (exact) mass is 480 g/mol. The lowest BCUT2D eigenvalue weighted by atomic mass is 10.1. The number of aromatic nitrogens is 2. The second-order valence-electron chi connectivity index (χ2n) is 7.68. The highest BCUT2D eigenvalue weighted by atomic mass is 35.5. The first-order chi connectivity index (χ1) is 15.5. The van der Waals surface area contributed by atoms with Crippen molar-refractivity contribution in [3.63, 3.8) is 0 Å². The van der Waals surface area contributed by atoms with Gasteiger partial charge in [0.1, 0.15) is 5.75 Å². The van der Waals surface area contributed by atoms with Crippen molar-refractivity contribution in [2.45, 2.75) is 26.0 Å². The van der Waals surface area contributed by atoms with E-state index in [9.17, 15) is 23.1 Å². The van der Waals surface area contributed by atoms with Gasteiger partial charge in [0.15, 0.2) is 11.5 Å². The molecule has 3 aromatic rings. The van der Waals surface area contributed by atoms with Crippen molar-refractivity contribution in [2.75, 3.05) is 19.0 Å². The number of carbonyl (C=O) groups is 1. The number of nitrogens with zero attached hydrogens (tertiary/aromatic N) is 4. The number of rotatable bonds is 4. The SMILES string of the molecule is Cc1c(Oc2nc3c(n2Cc2ccc(Cl)cc2)C(=O)N(C)C(O)N3C)cccc1C(F)(F)F. The van der Waals surface area contributed by atoms with Gasteiger partial charge in [-0.3, -0.25) is 14.3 Å². The molecule has 0 spiro atoms. The second kappa shape index (κ2) is 8.27. The van der Waals surface area contributed by atoms with E-state index in [0.29, 0.717) is 5.02 Å². The lowest BCUT2D eigenvalue weighted by Crippen LogP contribution is -2.52. The summed E-state index contributed by atoms with van der Waals surface area (Å²) in [6.45, 7) is 1.44. The van der Waals surface area contributed by atoms with Crippen molar-refractivity contribution in [3.05, 3.63) is 69.9 Å². The lowest BCUT2D eigenvalue weighted by molar-refractivity contribution is -0.138.